The summed E-state index contributed by atoms with van der Waals surface area (Å²) in [5, 5.41) is 5.96. The third kappa shape index (κ3) is 5.60. The number of hydrogen-bond acceptors (Lipinski definition) is 7. The first-order valence-electron chi connectivity index (χ1n) is 8.24. The van der Waals surface area contributed by atoms with E-state index in [1.807, 2.05) is 0 Å². The average Bonchev–Trinajstić information content (AvgIpc) is 2.95. The minimum absolute atomic E-state index is 0.0782. The van der Waals surface area contributed by atoms with Crippen LogP contribution < -0.4 is 10.0 Å². The zero-order valence-corrected chi connectivity index (χ0v) is 16.4. The smallest absolute Gasteiger partial charge is 0.307 e. The summed E-state index contributed by atoms with van der Waals surface area (Å²) in [6.07, 6.45) is -0.283. The van der Waals surface area contributed by atoms with Gasteiger partial charge in [0, 0.05) is 12.2 Å². The second-order valence-corrected chi connectivity index (χ2v) is 7.68. The number of rotatable bonds is 8. The van der Waals surface area contributed by atoms with Gasteiger partial charge in [0.1, 0.15) is 16.4 Å². The molecule has 0 saturated carbocycles. The molecule has 0 radical (unpaired) electrons. The third-order valence-electron chi connectivity index (χ3n) is 3.68. The van der Waals surface area contributed by atoms with Gasteiger partial charge in [0.15, 0.2) is 12.4 Å². The van der Waals surface area contributed by atoms with E-state index in [1.54, 1.807) is 6.92 Å². The molecule has 1 aromatic carbocycles. The van der Waals surface area contributed by atoms with E-state index in [1.165, 1.54) is 26.0 Å². The number of nitrogens with one attached hydrogen (secondary N) is 2. The van der Waals surface area contributed by atoms with Gasteiger partial charge in [-0.3, -0.25) is 9.59 Å². The minimum Gasteiger partial charge on any atom is -0.456 e. The van der Waals surface area contributed by atoms with Crippen molar-refractivity contribution in [2.45, 2.75) is 32.1 Å². The summed E-state index contributed by atoms with van der Waals surface area (Å²) in [5.74, 6) is -1.75. The monoisotopic (exact) mass is 413 g/mol. The summed E-state index contributed by atoms with van der Waals surface area (Å²) in [6.45, 7) is 3.73. The van der Waals surface area contributed by atoms with E-state index in [9.17, 15) is 22.4 Å². The SMILES string of the molecule is Cc1ccc(NC(=O)COC(=O)CCNS(=O)(=O)c2c(C)noc2C)cc1F. The fourth-order valence-corrected chi connectivity index (χ4v) is 3.66. The Labute approximate surface area is 161 Å². The van der Waals surface area contributed by atoms with E-state index in [4.69, 9.17) is 9.26 Å². The Morgan fingerprint density at radius 2 is 1.96 bits per heavy atom. The summed E-state index contributed by atoms with van der Waals surface area (Å²) in [7, 11) is -3.88. The quantitative estimate of drug-likeness (QED) is 0.629. The van der Waals surface area contributed by atoms with Gasteiger partial charge in [-0.1, -0.05) is 11.2 Å². The Kier molecular flexibility index (Phi) is 6.86. The largest absolute Gasteiger partial charge is 0.456 e. The molecule has 0 bridgehead atoms. The van der Waals surface area contributed by atoms with Crippen LogP contribution in [0.3, 0.4) is 0 Å². The van der Waals surface area contributed by atoms with Gasteiger partial charge in [-0.05, 0) is 38.5 Å². The number of hydrogen-bond donors (Lipinski definition) is 2. The van der Waals surface area contributed by atoms with E-state index < -0.39 is 34.3 Å². The molecule has 1 heterocycles. The van der Waals surface area contributed by atoms with Crippen molar-refractivity contribution in [1.82, 2.24) is 9.88 Å². The number of aryl methyl sites for hydroxylation is 3. The van der Waals surface area contributed by atoms with Crippen molar-refractivity contribution in [3.05, 3.63) is 41.0 Å². The highest BCUT2D eigenvalue weighted by molar-refractivity contribution is 7.89. The zero-order chi connectivity index (χ0) is 20.9. The van der Waals surface area contributed by atoms with Crippen molar-refractivity contribution >= 4 is 27.6 Å². The Bertz CT molecular complexity index is 967. The van der Waals surface area contributed by atoms with Gasteiger partial charge in [-0.25, -0.2) is 17.5 Å². The van der Waals surface area contributed by atoms with Crippen LogP contribution >= 0.6 is 0 Å². The number of aromatic nitrogens is 1. The van der Waals surface area contributed by atoms with Crippen molar-refractivity contribution < 1.29 is 31.7 Å². The van der Waals surface area contributed by atoms with Crippen LogP contribution in [0.4, 0.5) is 10.1 Å². The molecule has 0 unspecified atom stereocenters. The fraction of sp³-hybridized carbons (Fsp3) is 0.353. The van der Waals surface area contributed by atoms with Crippen molar-refractivity contribution in [2.75, 3.05) is 18.5 Å². The number of anilines is 1. The second kappa shape index (κ2) is 8.93. The van der Waals surface area contributed by atoms with Gasteiger partial charge in [0.25, 0.3) is 5.91 Å². The molecular weight excluding hydrogens is 393 g/mol. The number of esters is 1. The number of amides is 1. The van der Waals surface area contributed by atoms with Gasteiger partial charge >= 0.3 is 5.97 Å². The molecule has 0 spiro atoms. The summed E-state index contributed by atoms with van der Waals surface area (Å²) in [5.41, 5.74) is 0.872. The molecule has 0 fully saturated rings. The molecule has 2 N–H and O–H groups in total. The maximum absolute atomic E-state index is 13.4. The first-order valence-corrected chi connectivity index (χ1v) is 9.72. The molecule has 152 valence electrons. The van der Waals surface area contributed by atoms with E-state index >= 15 is 0 Å². The predicted molar refractivity (Wildman–Crippen MR) is 96.5 cm³/mol. The molecule has 0 aliphatic rings. The van der Waals surface area contributed by atoms with Gasteiger partial charge in [0.05, 0.1) is 6.42 Å². The standard InChI is InChI=1S/C17H20FN3O6S/c1-10-4-5-13(8-14(10)18)20-15(22)9-26-16(23)6-7-19-28(24,25)17-11(2)21-27-12(17)3/h4-5,8,19H,6-7,9H2,1-3H3,(H,20,22). The number of carbonyl (C=O) groups excluding carboxylic acids is 2. The predicted octanol–water partition coefficient (Wildman–Crippen LogP) is 1.59. The number of carbonyl (C=O) groups is 2. The lowest BCUT2D eigenvalue weighted by atomic mass is 10.2. The van der Waals surface area contributed by atoms with Gasteiger partial charge in [0.2, 0.25) is 10.0 Å². The maximum atomic E-state index is 13.4. The van der Waals surface area contributed by atoms with Crippen molar-refractivity contribution in [1.29, 1.82) is 0 Å². The molecule has 0 atom stereocenters. The van der Waals surface area contributed by atoms with Crippen LogP contribution in [0.1, 0.15) is 23.4 Å². The summed E-state index contributed by atoms with van der Waals surface area (Å²) >= 11 is 0. The van der Waals surface area contributed by atoms with E-state index in [0.717, 1.165) is 6.07 Å². The van der Waals surface area contributed by atoms with Crippen LogP contribution in [-0.2, 0) is 24.3 Å². The maximum Gasteiger partial charge on any atom is 0.307 e. The summed E-state index contributed by atoms with van der Waals surface area (Å²) < 4.78 is 49.6. The lowest BCUT2D eigenvalue weighted by molar-refractivity contribution is -0.147. The lowest BCUT2D eigenvalue weighted by Gasteiger charge is -2.08. The lowest BCUT2D eigenvalue weighted by Crippen LogP contribution is -2.28. The molecule has 2 aromatic rings. The van der Waals surface area contributed by atoms with E-state index in [2.05, 4.69) is 15.2 Å². The normalized spacial score (nSPS) is 11.3. The molecule has 9 nitrogen and oxygen atoms in total. The van der Waals surface area contributed by atoms with Gasteiger partial charge < -0.3 is 14.6 Å². The number of halogens is 1. The van der Waals surface area contributed by atoms with E-state index in [-0.39, 0.29) is 35.0 Å². The van der Waals surface area contributed by atoms with Crippen molar-refractivity contribution in [3.63, 3.8) is 0 Å². The van der Waals surface area contributed by atoms with Crippen molar-refractivity contribution in [2.24, 2.45) is 0 Å². The number of ether oxygens (including phenoxy) is 1. The zero-order valence-electron chi connectivity index (χ0n) is 15.5. The highest BCUT2D eigenvalue weighted by Crippen LogP contribution is 2.18. The third-order valence-corrected chi connectivity index (χ3v) is 5.38. The Morgan fingerprint density at radius 1 is 1.25 bits per heavy atom. The fourth-order valence-electron chi connectivity index (χ4n) is 2.30. The Hall–Kier alpha value is -2.79. The number of nitrogens with zero attached hydrogens (tertiary/aromatic N) is 1. The molecule has 0 aliphatic heterocycles. The molecule has 11 heteroatoms. The molecule has 1 amide bonds. The van der Waals surface area contributed by atoms with E-state index in [0.29, 0.717) is 5.56 Å². The van der Waals surface area contributed by atoms with Crippen LogP contribution in [0.5, 0.6) is 0 Å². The summed E-state index contributed by atoms with van der Waals surface area (Å²) in [4.78, 5) is 23.3. The second-order valence-electron chi connectivity index (χ2n) is 5.97. The van der Waals surface area contributed by atoms with Crippen LogP contribution in [0.2, 0.25) is 0 Å². The van der Waals surface area contributed by atoms with Gasteiger partial charge in [-0.2, -0.15) is 0 Å². The molecule has 28 heavy (non-hydrogen) atoms. The molecular formula is C17H20FN3O6S. The number of sulfonamides is 1. The highest BCUT2D eigenvalue weighted by atomic mass is 32.2. The molecule has 1 aromatic heterocycles. The first-order chi connectivity index (χ1) is 13.1. The topological polar surface area (TPSA) is 128 Å². The molecule has 2 rings (SSSR count). The Morgan fingerprint density at radius 3 is 2.57 bits per heavy atom. The Balaban J connectivity index is 1.76. The average molecular weight is 413 g/mol. The van der Waals surface area contributed by atoms with Crippen LogP contribution in [0, 0.1) is 26.6 Å². The van der Waals surface area contributed by atoms with Crippen LogP contribution in [0.25, 0.3) is 0 Å². The number of benzene rings is 1. The van der Waals surface area contributed by atoms with Crippen molar-refractivity contribution in [3.8, 4) is 0 Å². The highest BCUT2D eigenvalue weighted by Gasteiger charge is 2.24. The summed E-state index contributed by atoms with van der Waals surface area (Å²) in [6, 6.07) is 4.17. The van der Waals surface area contributed by atoms with Gasteiger partial charge in [-0.15, -0.1) is 0 Å². The minimum atomic E-state index is -3.88. The van der Waals surface area contributed by atoms with Crippen LogP contribution in [-0.4, -0.2) is 38.6 Å². The van der Waals surface area contributed by atoms with Crippen LogP contribution in [0.15, 0.2) is 27.6 Å². The molecule has 0 saturated heterocycles. The molecule has 0 aliphatic carbocycles. The first kappa shape index (κ1) is 21.5.